The first-order valence-corrected chi connectivity index (χ1v) is 6.77. The SMILES string of the molecule is CCC1CCOC(c2cccc(Cl)c2Cl)CN1. The molecule has 0 bridgehead atoms. The predicted molar refractivity (Wildman–Crippen MR) is 71.9 cm³/mol. The van der Waals surface area contributed by atoms with Crippen molar-refractivity contribution < 1.29 is 4.74 Å². The average molecular weight is 274 g/mol. The summed E-state index contributed by atoms with van der Waals surface area (Å²) < 4.78 is 5.85. The monoisotopic (exact) mass is 273 g/mol. The Morgan fingerprint density at radius 1 is 1.41 bits per heavy atom. The molecule has 2 unspecified atom stereocenters. The second kappa shape index (κ2) is 6.05. The summed E-state index contributed by atoms with van der Waals surface area (Å²) in [4.78, 5) is 0. The maximum Gasteiger partial charge on any atom is 0.0964 e. The highest BCUT2D eigenvalue weighted by molar-refractivity contribution is 6.42. The van der Waals surface area contributed by atoms with Crippen molar-refractivity contribution in [2.24, 2.45) is 0 Å². The standard InChI is InChI=1S/C13H17Cl2NO/c1-2-9-6-7-17-12(8-16-9)10-4-3-5-11(14)13(10)15/h3-5,9,12,16H,2,6-8H2,1H3. The molecule has 1 N–H and O–H groups in total. The molecule has 1 aliphatic heterocycles. The van der Waals surface area contributed by atoms with Crippen molar-refractivity contribution in [1.82, 2.24) is 5.32 Å². The molecule has 0 spiro atoms. The molecule has 2 atom stereocenters. The van der Waals surface area contributed by atoms with E-state index >= 15 is 0 Å². The summed E-state index contributed by atoms with van der Waals surface area (Å²) in [6.45, 7) is 3.74. The molecule has 1 aliphatic rings. The van der Waals surface area contributed by atoms with Crippen molar-refractivity contribution in [2.45, 2.75) is 31.9 Å². The molecular formula is C13H17Cl2NO. The maximum absolute atomic E-state index is 6.21. The summed E-state index contributed by atoms with van der Waals surface area (Å²) in [6.07, 6.45) is 2.17. The molecule has 0 radical (unpaired) electrons. The van der Waals surface area contributed by atoms with Crippen LogP contribution in [0.15, 0.2) is 18.2 Å². The smallest absolute Gasteiger partial charge is 0.0964 e. The fourth-order valence-corrected chi connectivity index (χ4v) is 2.53. The Balaban J connectivity index is 2.14. The van der Waals surface area contributed by atoms with E-state index in [-0.39, 0.29) is 6.10 Å². The minimum absolute atomic E-state index is 0.00208. The van der Waals surface area contributed by atoms with E-state index in [0.29, 0.717) is 16.1 Å². The Kier molecular flexibility index (Phi) is 4.69. The molecule has 1 fully saturated rings. The molecule has 1 heterocycles. The van der Waals surface area contributed by atoms with Gasteiger partial charge in [-0.2, -0.15) is 0 Å². The zero-order valence-corrected chi connectivity index (χ0v) is 11.4. The van der Waals surface area contributed by atoms with Gasteiger partial charge in [0.15, 0.2) is 0 Å². The molecule has 2 nitrogen and oxygen atoms in total. The van der Waals surface area contributed by atoms with E-state index in [0.717, 1.165) is 31.6 Å². The van der Waals surface area contributed by atoms with Gasteiger partial charge < -0.3 is 10.1 Å². The van der Waals surface area contributed by atoms with Crippen molar-refractivity contribution in [3.63, 3.8) is 0 Å². The van der Waals surface area contributed by atoms with E-state index in [1.54, 1.807) is 6.07 Å². The van der Waals surface area contributed by atoms with Crippen LogP contribution in [-0.4, -0.2) is 19.2 Å². The van der Waals surface area contributed by atoms with Crippen LogP contribution in [-0.2, 0) is 4.74 Å². The lowest BCUT2D eigenvalue weighted by atomic mass is 10.1. The summed E-state index contributed by atoms with van der Waals surface area (Å²) in [5, 5.41) is 4.69. The topological polar surface area (TPSA) is 21.3 Å². The quantitative estimate of drug-likeness (QED) is 0.885. The van der Waals surface area contributed by atoms with E-state index in [1.807, 2.05) is 12.1 Å². The fraction of sp³-hybridized carbons (Fsp3) is 0.538. The number of halogens is 2. The van der Waals surface area contributed by atoms with Gasteiger partial charge >= 0.3 is 0 Å². The molecule has 0 amide bonds. The summed E-state index contributed by atoms with van der Waals surface area (Å²) in [7, 11) is 0. The molecule has 94 valence electrons. The first kappa shape index (κ1) is 13.2. The molecule has 0 aromatic heterocycles. The van der Waals surface area contributed by atoms with Crippen LogP contribution in [0.1, 0.15) is 31.4 Å². The zero-order chi connectivity index (χ0) is 12.3. The molecule has 1 aromatic rings. The van der Waals surface area contributed by atoms with Crippen LogP contribution in [0.2, 0.25) is 10.0 Å². The third kappa shape index (κ3) is 3.14. The largest absolute Gasteiger partial charge is 0.372 e. The van der Waals surface area contributed by atoms with E-state index in [4.69, 9.17) is 27.9 Å². The van der Waals surface area contributed by atoms with Gasteiger partial charge in [0, 0.05) is 24.8 Å². The van der Waals surface area contributed by atoms with Gasteiger partial charge in [-0.05, 0) is 18.9 Å². The zero-order valence-electron chi connectivity index (χ0n) is 9.88. The van der Waals surface area contributed by atoms with Gasteiger partial charge in [-0.1, -0.05) is 42.3 Å². The van der Waals surface area contributed by atoms with Crippen LogP contribution in [0.5, 0.6) is 0 Å². The van der Waals surface area contributed by atoms with Gasteiger partial charge in [0.2, 0.25) is 0 Å². The highest BCUT2D eigenvalue weighted by atomic mass is 35.5. The lowest BCUT2D eigenvalue weighted by molar-refractivity contribution is 0.0664. The Bertz CT molecular complexity index is 384. The number of hydrogen-bond acceptors (Lipinski definition) is 2. The first-order chi connectivity index (χ1) is 8.22. The van der Waals surface area contributed by atoms with E-state index in [9.17, 15) is 0 Å². The Labute approximate surface area is 112 Å². The molecule has 1 saturated heterocycles. The summed E-state index contributed by atoms with van der Waals surface area (Å²) >= 11 is 12.2. The van der Waals surface area contributed by atoms with Gasteiger partial charge in [0.05, 0.1) is 16.1 Å². The molecule has 1 aromatic carbocycles. The number of ether oxygens (including phenoxy) is 1. The Morgan fingerprint density at radius 3 is 3.00 bits per heavy atom. The lowest BCUT2D eigenvalue weighted by Gasteiger charge is -2.18. The maximum atomic E-state index is 6.21. The fourth-order valence-electron chi connectivity index (χ4n) is 2.10. The third-order valence-electron chi connectivity index (χ3n) is 3.20. The molecule has 2 rings (SSSR count). The molecule has 4 heteroatoms. The molecule has 17 heavy (non-hydrogen) atoms. The van der Waals surface area contributed by atoms with Crippen LogP contribution in [0.3, 0.4) is 0 Å². The van der Waals surface area contributed by atoms with Crippen LogP contribution in [0.25, 0.3) is 0 Å². The van der Waals surface area contributed by atoms with Crippen molar-refractivity contribution in [3.8, 4) is 0 Å². The van der Waals surface area contributed by atoms with E-state index in [1.165, 1.54) is 0 Å². The van der Waals surface area contributed by atoms with Crippen molar-refractivity contribution in [3.05, 3.63) is 33.8 Å². The molecule has 0 saturated carbocycles. The Morgan fingerprint density at radius 2 is 2.24 bits per heavy atom. The summed E-state index contributed by atoms with van der Waals surface area (Å²) in [6, 6.07) is 6.23. The normalized spacial score (nSPS) is 25.6. The number of hydrogen-bond donors (Lipinski definition) is 1. The van der Waals surface area contributed by atoms with Gasteiger partial charge in [-0.25, -0.2) is 0 Å². The number of nitrogens with one attached hydrogen (secondary N) is 1. The highest BCUT2D eigenvalue weighted by Crippen LogP contribution is 2.32. The summed E-state index contributed by atoms with van der Waals surface area (Å²) in [5.74, 6) is 0. The minimum Gasteiger partial charge on any atom is -0.372 e. The van der Waals surface area contributed by atoms with Gasteiger partial charge in [-0.3, -0.25) is 0 Å². The van der Waals surface area contributed by atoms with Crippen LogP contribution >= 0.6 is 23.2 Å². The van der Waals surface area contributed by atoms with Gasteiger partial charge in [-0.15, -0.1) is 0 Å². The van der Waals surface area contributed by atoms with Gasteiger partial charge in [0.25, 0.3) is 0 Å². The lowest BCUT2D eigenvalue weighted by Crippen LogP contribution is -2.29. The van der Waals surface area contributed by atoms with Crippen LogP contribution in [0.4, 0.5) is 0 Å². The predicted octanol–water partition coefficient (Wildman–Crippen LogP) is 3.82. The van der Waals surface area contributed by atoms with Crippen LogP contribution < -0.4 is 5.32 Å². The second-order valence-electron chi connectivity index (χ2n) is 4.30. The highest BCUT2D eigenvalue weighted by Gasteiger charge is 2.21. The number of benzene rings is 1. The van der Waals surface area contributed by atoms with Crippen molar-refractivity contribution >= 4 is 23.2 Å². The molecular weight excluding hydrogens is 257 g/mol. The second-order valence-corrected chi connectivity index (χ2v) is 5.09. The minimum atomic E-state index is -0.00208. The first-order valence-electron chi connectivity index (χ1n) is 6.01. The summed E-state index contributed by atoms with van der Waals surface area (Å²) in [5.41, 5.74) is 0.975. The average Bonchev–Trinajstić information content (AvgIpc) is 2.58. The number of rotatable bonds is 2. The van der Waals surface area contributed by atoms with Gasteiger partial charge in [0.1, 0.15) is 0 Å². The third-order valence-corrected chi connectivity index (χ3v) is 4.03. The van der Waals surface area contributed by atoms with Crippen LogP contribution in [0, 0.1) is 0 Å². The Hall–Kier alpha value is -0.280. The van der Waals surface area contributed by atoms with Crippen molar-refractivity contribution in [2.75, 3.05) is 13.2 Å². The van der Waals surface area contributed by atoms with Crippen molar-refractivity contribution in [1.29, 1.82) is 0 Å². The van der Waals surface area contributed by atoms with E-state index < -0.39 is 0 Å². The van der Waals surface area contributed by atoms with E-state index in [2.05, 4.69) is 12.2 Å². The molecule has 0 aliphatic carbocycles.